The van der Waals surface area contributed by atoms with Gasteiger partial charge >= 0.3 is 0 Å². The molecular weight excluding hydrogens is 150 g/mol. The van der Waals surface area contributed by atoms with Crippen LogP contribution in [0.25, 0.3) is 0 Å². The number of aromatic nitrogens is 2. The first-order chi connectivity index (χ1) is 5.68. The van der Waals surface area contributed by atoms with Crippen LogP contribution in [0.3, 0.4) is 0 Å². The molecular formula is C9H15N3. The van der Waals surface area contributed by atoms with Crippen molar-refractivity contribution in [1.82, 2.24) is 9.78 Å². The quantitative estimate of drug-likeness (QED) is 0.717. The molecule has 0 bridgehead atoms. The summed E-state index contributed by atoms with van der Waals surface area (Å²) in [7, 11) is 0. The largest absolute Gasteiger partial charge is 0.327 e. The lowest BCUT2D eigenvalue weighted by Gasteiger charge is -2.02. The van der Waals surface area contributed by atoms with E-state index >= 15 is 0 Å². The molecule has 0 unspecified atom stereocenters. The van der Waals surface area contributed by atoms with Crippen LogP contribution in [0.5, 0.6) is 0 Å². The number of hydrogen-bond acceptors (Lipinski definition) is 2. The predicted molar refractivity (Wildman–Crippen MR) is 47.9 cm³/mol. The minimum Gasteiger partial charge on any atom is -0.327 e. The van der Waals surface area contributed by atoms with Crippen LogP contribution in [0.15, 0.2) is 12.4 Å². The van der Waals surface area contributed by atoms with E-state index in [0.717, 1.165) is 6.42 Å². The lowest BCUT2D eigenvalue weighted by atomic mass is 10.2. The first-order valence-electron chi connectivity index (χ1n) is 4.48. The second kappa shape index (κ2) is 2.59. The molecule has 1 aromatic rings. The Morgan fingerprint density at radius 2 is 2.33 bits per heavy atom. The van der Waals surface area contributed by atoms with E-state index in [1.807, 2.05) is 10.9 Å². The fourth-order valence-electron chi connectivity index (χ4n) is 1.42. The zero-order chi connectivity index (χ0) is 8.72. The Morgan fingerprint density at radius 1 is 1.67 bits per heavy atom. The van der Waals surface area contributed by atoms with Gasteiger partial charge in [0.05, 0.1) is 6.20 Å². The van der Waals surface area contributed by atoms with Gasteiger partial charge in [-0.3, -0.25) is 4.68 Å². The standard InChI is InChI=1S/C9H15N3/c1-6(2)12-5-7(4-11-12)8-3-9(8)10/h4-6,8-9H,3,10H2,1-2H3/t8-,9-/m0/s1. The normalized spacial score (nSPS) is 28.0. The molecule has 3 heteroatoms. The molecule has 2 rings (SSSR count). The van der Waals surface area contributed by atoms with Crippen molar-refractivity contribution >= 4 is 0 Å². The van der Waals surface area contributed by atoms with Gasteiger partial charge in [-0.25, -0.2) is 0 Å². The third kappa shape index (κ3) is 1.25. The number of rotatable bonds is 2. The van der Waals surface area contributed by atoms with Crippen LogP contribution < -0.4 is 5.73 Å². The summed E-state index contributed by atoms with van der Waals surface area (Å²) in [6.45, 7) is 4.26. The van der Waals surface area contributed by atoms with Gasteiger partial charge in [-0.1, -0.05) is 0 Å². The average molecular weight is 165 g/mol. The van der Waals surface area contributed by atoms with E-state index in [4.69, 9.17) is 5.73 Å². The van der Waals surface area contributed by atoms with E-state index in [1.165, 1.54) is 5.56 Å². The summed E-state index contributed by atoms with van der Waals surface area (Å²) in [5.74, 6) is 0.581. The summed E-state index contributed by atoms with van der Waals surface area (Å²) in [5.41, 5.74) is 7.05. The van der Waals surface area contributed by atoms with E-state index in [1.54, 1.807) is 0 Å². The number of hydrogen-bond donors (Lipinski definition) is 1. The molecule has 0 amide bonds. The third-order valence-corrected chi connectivity index (χ3v) is 2.42. The van der Waals surface area contributed by atoms with Crippen LogP contribution in [0.1, 0.15) is 37.8 Å². The van der Waals surface area contributed by atoms with Crippen molar-refractivity contribution < 1.29 is 0 Å². The molecule has 1 heterocycles. The molecule has 2 atom stereocenters. The number of nitrogens with two attached hydrogens (primary N) is 1. The van der Waals surface area contributed by atoms with Crippen LogP contribution >= 0.6 is 0 Å². The molecule has 2 N–H and O–H groups in total. The summed E-state index contributed by atoms with van der Waals surface area (Å²) < 4.78 is 1.99. The maximum Gasteiger partial charge on any atom is 0.0525 e. The SMILES string of the molecule is CC(C)n1cc([C@@H]2C[C@@H]2N)cn1. The second-order valence-electron chi connectivity index (χ2n) is 3.85. The monoisotopic (exact) mass is 165 g/mol. The highest BCUT2D eigenvalue weighted by atomic mass is 15.3. The van der Waals surface area contributed by atoms with Crippen molar-refractivity contribution in [2.24, 2.45) is 5.73 Å². The topological polar surface area (TPSA) is 43.8 Å². The molecule has 0 aliphatic heterocycles. The molecule has 0 saturated heterocycles. The van der Waals surface area contributed by atoms with Crippen LogP contribution in [0, 0.1) is 0 Å². The Kier molecular flexibility index (Phi) is 1.68. The predicted octanol–water partition coefficient (Wildman–Crippen LogP) is 1.28. The van der Waals surface area contributed by atoms with Crippen molar-refractivity contribution in [3.05, 3.63) is 18.0 Å². The summed E-state index contributed by atoms with van der Waals surface area (Å²) in [4.78, 5) is 0. The van der Waals surface area contributed by atoms with Crippen molar-refractivity contribution in [2.75, 3.05) is 0 Å². The van der Waals surface area contributed by atoms with Crippen molar-refractivity contribution in [3.8, 4) is 0 Å². The van der Waals surface area contributed by atoms with E-state index in [2.05, 4.69) is 25.1 Å². The van der Waals surface area contributed by atoms with E-state index in [0.29, 0.717) is 18.0 Å². The van der Waals surface area contributed by atoms with E-state index in [9.17, 15) is 0 Å². The van der Waals surface area contributed by atoms with E-state index < -0.39 is 0 Å². The minimum atomic E-state index is 0.384. The van der Waals surface area contributed by atoms with Gasteiger partial charge in [0.1, 0.15) is 0 Å². The maximum atomic E-state index is 5.75. The van der Waals surface area contributed by atoms with Gasteiger partial charge in [-0.05, 0) is 25.8 Å². The van der Waals surface area contributed by atoms with E-state index in [-0.39, 0.29) is 0 Å². The molecule has 3 nitrogen and oxygen atoms in total. The van der Waals surface area contributed by atoms with Crippen molar-refractivity contribution in [3.63, 3.8) is 0 Å². The van der Waals surface area contributed by atoms with Gasteiger partial charge in [0, 0.05) is 24.2 Å². The second-order valence-corrected chi connectivity index (χ2v) is 3.85. The third-order valence-electron chi connectivity index (χ3n) is 2.42. The Labute approximate surface area is 72.6 Å². The van der Waals surface area contributed by atoms with Crippen LogP contribution in [-0.2, 0) is 0 Å². The first-order valence-corrected chi connectivity index (χ1v) is 4.48. The maximum absolute atomic E-state index is 5.75. The molecule has 0 spiro atoms. The minimum absolute atomic E-state index is 0.384. The smallest absolute Gasteiger partial charge is 0.0525 e. The van der Waals surface area contributed by atoms with Gasteiger partial charge in [-0.15, -0.1) is 0 Å². The van der Waals surface area contributed by atoms with Gasteiger partial charge < -0.3 is 5.73 Å². The molecule has 0 aromatic carbocycles. The molecule has 1 aliphatic rings. The van der Waals surface area contributed by atoms with Crippen LogP contribution in [0.4, 0.5) is 0 Å². The fraction of sp³-hybridized carbons (Fsp3) is 0.667. The van der Waals surface area contributed by atoms with Gasteiger partial charge in [0.2, 0.25) is 0 Å². The van der Waals surface area contributed by atoms with Gasteiger partial charge in [0.25, 0.3) is 0 Å². The Bertz CT molecular complexity index is 277. The Hall–Kier alpha value is -0.830. The van der Waals surface area contributed by atoms with Crippen molar-refractivity contribution in [2.45, 2.75) is 38.3 Å². The molecule has 1 fully saturated rings. The highest BCUT2D eigenvalue weighted by Gasteiger charge is 2.35. The number of nitrogens with zero attached hydrogens (tertiary/aromatic N) is 2. The van der Waals surface area contributed by atoms with Gasteiger partial charge in [0.15, 0.2) is 0 Å². The van der Waals surface area contributed by atoms with Crippen molar-refractivity contribution in [1.29, 1.82) is 0 Å². The zero-order valence-corrected chi connectivity index (χ0v) is 7.57. The summed E-state index contributed by atoms with van der Waals surface area (Å²) in [5, 5.41) is 4.27. The van der Waals surface area contributed by atoms with Crippen LogP contribution in [-0.4, -0.2) is 15.8 Å². The lowest BCUT2D eigenvalue weighted by molar-refractivity contribution is 0.532. The molecule has 0 radical (unpaired) electrons. The Balaban J connectivity index is 2.14. The molecule has 66 valence electrons. The zero-order valence-electron chi connectivity index (χ0n) is 7.57. The summed E-state index contributed by atoms with van der Waals surface area (Å²) >= 11 is 0. The lowest BCUT2D eigenvalue weighted by Crippen LogP contribution is -2.01. The Morgan fingerprint density at radius 3 is 2.75 bits per heavy atom. The first kappa shape index (κ1) is 7.80. The molecule has 1 aliphatic carbocycles. The average Bonchev–Trinajstić information content (AvgIpc) is 2.59. The van der Waals surface area contributed by atoms with Gasteiger partial charge in [-0.2, -0.15) is 5.10 Å². The molecule has 12 heavy (non-hydrogen) atoms. The molecule has 1 saturated carbocycles. The van der Waals surface area contributed by atoms with Crippen LogP contribution in [0.2, 0.25) is 0 Å². The summed E-state index contributed by atoms with van der Waals surface area (Å²) in [6.07, 6.45) is 5.18. The highest BCUT2D eigenvalue weighted by Crippen LogP contribution is 2.38. The summed E-state index contributed by atoms with van der Waals surface area (Å²) in [6, 6.07) is 0.837. The highest BCUT2D eigenvalue weighted by molar-refractivity contribution is 5.22. The fourth-order valence-corrected chi connectivity index (χ4v) is 1.42. The molecule has 1 aromatic heterocycles.